The summed E-state index contributed by atoms with van der Waals surface area (Å²) in [5, 5.41) is 7.20. The molecule has 2 N–H and O–H groups in total. The van der Waals surface area contributed by atoms with E-state index in [1.165, 1.54) is 0 Å². The maximum atomic E-state index is 3.66. The van der Waals surface area contributed by atoms with Gasteiger partial charge in [0.1, 0.15) is 0 Å². The van der Waals surface area contributed by atoms with Crippen LogP contribution in [0.25, 0.3) is 0 Å². The highest BCUT2D eigenvalue weighted by molar-refractivity contribution is 4.94. The molecule has 2 unspecified atom stereocenters. The zero-order chi connectivity index (χ0) is 10.3. The highest BCUT2D eigenvalue weighted by Crippen LogP contribution is 2.26. The van der Waals surface area contributed by atoms with Gasteiger partial charge in [-0.15, -0.1) is 0 Å². The lowest BCUT2D eigenvalue weighted by molar-refractivity contribution is 0.235. The van der Waals surface area contributed by atoms with Crippen LogP contribution in [0.3, 0.4) is 0 Å². The van der Waals surface area contributed by atoms with Gasteiger partial charge in [-0.25, -0.2) is 0 Å². The highest BCUT2D eigenvalue weighted by Gasteiger charge is 2.36. The second-order valence-electron chi connectivity index (χ2n) is 6.29. The Morgan fingerprint density at radius 1 is 0.923 bits per heavy atom. The summed E-state index contributed by atoms with van der Waals surface area (Å²) in [6.45, 7) is 14.8. The van der Waals surface area contributed by atoms with Gasteiger partial charge in [0.15, 0.2) is 0 Å². The molecule has 2 heteroatoms. The quantitative estimate of drug-likeness (QED) is 0.601. The first-order valence-corrected chi connectivity index (χ1v) is 5.21. The molecule has 0 saturated carbocycles. The van der Waals surface area contributed by atoms with Crippen LogP contribution in [-0.2, 0) is 0 Å². The molecule has 1 saturated heterocycles. The lowest BCUT2D eigenvalue weighted by atomic mass is 9.87. The second-order valence-corrected chi connectivity index (χ2v) is 6.29. The minimum Gasteiger partial charge on any atom is -0.300 e. The summed E-state index contributed by atoms with van der Waals surface area (Å²) in [6.07, 6.45) is 0.455. The van der Waals surface area contributed by atoms with E-state index in [1.54, 1.807) is 0 Å². The Morgan fingerprint density at radius 2 is 1.46 bits per heavy atom. The maximum Gasteiger partial charge on any atom is 0.0624 e. The monoisotopic (exact) mass is 184 g/mol. The molecule has 2 nitrogen and oxygen atoms in total. The summed E-state index contributed by atoms with van der Waals surface area (Å²) in [7, 11) is 0. The smallest absolute Gasteiger partial charge is 0.0624 e. The molecule has 2 atom stereocenters. The topological polar surface area (TPSA) is 24.1 Å². The van der Waals surface area contributed by atoms with Crippen LogP contribution in [0.5, 0.6) is 0 Å². The number of nitrogens with one attached hydrogen (secondary N) is 2. The fraction of sp³-hybridized carbons (Fsp3) is 1.00. The molecule has 78 valence electrons. The van der Waals surface area contributed by atoms with Crippen LogP contribution in [0.15, 0.2) is 0 Å². The SMILES string of the molecule is CC(C)(C)C1CNC(C(C)(C)C)N1. The van der Waals surface area contributed by atoms with Crippen molar-refractivity contribution < 1.29 is 0 Å². The predicted octanol–water partition coefficient (Wildman–Crippen LogP) is 1.97. The Bertz CT molecular complexity index is 154. The van der Waals surface area contributed by atoms with Crippen molar-refractivity contribution in [3.05, 3.63) is 0 Å². The highest BCUT2D eigenvalue weighted by atomic mass is 15.2. The molecule has 1 rings (SSSR count). The van der Waals surface area contributed by atoms with E-state index >= 15 is 0 Å². The minimum atomic E-state index is 0.306. The molecule has 1 fully saturated rings. The van der Waals surface area contributed by atoms with Gasteiger partial charge in [0.05, 0.1) is 6.17 Å². The van der Waals surface area contributed by atoms with Crippen LogP contribution >= 0.6 is 0 Å². The predicted molar refractivity (Wildman–Crippen MR) is 57.6 cm³/mol. The Morgan fingerprint density at radius 3 is 1.69 bits per heavy atom. The standard InChI is InChI=1S/C11H24N2/c1-10(2,3)8-7-12-9(13-8)11(4,5)6/h8-9,12-13H,7H2,1-6H3. The molecule has 0 aromatic carbocycles. The molecule has 0 aromatic rings. The van der Waals surface area contributed by atoms with Crippen molar-refractivity contribution in [3.63, 3.8) is 0 Å². The summed E-state index contributed by atoms with van der Waals surface area (Å²) in [5.41, 5.74) is 0.660. The Labute approximate surface area is 82.5 Å². The third-order valence-corrected chi connectivity index (χ3v) is 2.81. The fourth-order valence-corrected chi connectivity index (χ4v) is 1.67. The molecule has 1 heterocycles. The Hall–Kier alpha value is -0.0800. The van der Waals surface area contributed by atoms with Crippen LogP contribution in [0.2, 0.25) is 0 Å². The average molecular weight is 184 g/mol. The van der Waals surface area contributed by atoms with Crippen LogP contribution in [0, 0.1) is 10.8 Å². The van der Waals surface area contributed by atoms with E-state index in [4.69, 9.17) is 0 Å². The molecular formula is C11H24N2. The van der Waals surface area contributed by atoms with Crippen LogP contribution in [0.4, 0.5) is 0 Å². The molecule has 0 aliphatic carbocycles. The molecule has 1 aliphatic rings. The largest absolute Gasteiger partial charge is 0.300 e. The third kappa shape index (κ3) is 2.68. The van der Waals surface area contributed by atoms with E-state index in [9.17, 15) is 0 Å². The summed E-state index contributed by atoms with van der Waals surface area (Å²) in [4.78, 5) is 0. The number of rotatable bonds is 0. The van der Waals surface area contributed by atoms with Gasteiger partial charge in [0.2, 0.25) is 0 Å². The zero-order valence-corrected chi connectivity index (χ0v) is 9.86. The lowest BCUT2D eigenvalue weighted by Crippen LogP contribution is -2.46. The average Bonchev–Trinajstić information content (AvgIpc) is 2.28. The van der Waals surface area contributed by atoms with Crippen molar-refractivity contribution in [1.29, 1.82) is 0 Å². The van der Waals surface area contributed by atoms with Crippen molar-refractivity contribution in [2.75, 3.05) is 6.54 Å². The molecule has 13 heavy (non-hydrogen) atoms. The van der Waals surface area contributed by atoms with E-state index in [0.717, 1.165) is 6.54 Å². The molecule has 1 aliphatic heterocycles. The summed E-state index contributed by atoms with van der Waals surface area (Å²) in [6, 6.07) is 0.594. The molecule has 0 bridgehead atoms. The van der Waals surface area contributed by atoms with Crippen LogP contribution < -0.4 is 10.6 Å². The van der Waals surface area contributed by atoms with Gasteiger partial charge in [0.25, 0.3) is 0 Å². The number of hydrogen-bond acceptors (Lipinski definition) is 2. The first kappa shape index (κ1) is 11.0. The van der Waals surface area contributed by atoms with E-state index < -0.39 is 0 Å². The maximum absolute atomic E-state index is 3.66. The third-order valence-electron chi connectivity index (χ3n) is 2.81. The van der Waals surface area contributed by atoms with Gasteiger partial charge < -0.3 is 0 Å². The summed E-state index contributed by atoms with van der Waals surface area (Å²) >= 11 is 0. The van der Waals surface area contributed by atoms with Gasteiger partial charge in [-0.3, -0.25) is 10.6 Å². The molecule has 0 spiro atoms. The summed E-state index contributed by atoms with van der Waals surface area (Å²) in [5.74, 6) is 0. The first-order valence-electron chi connectivity index (χ1n) is 5.21. The van der Waals surface area contributed by atoms with E-state index in [2.05, 4.69) is 52.2 Å². The van der Waals surface area contributed by atoms with Crippen molar-refractivity contribution in [3.8, 4) is 0 Å². The molecule has 0 aromatic heterocycles. The van der Waals surface area contributed by atoms with E-state index in [1.807, 2.05) is 0 Å². The summed E-state index contributed by atoms with van der Waals surface area (Å²) < 4.78 is 0. The fourth-order valence-electron chi connectivity index (χ4n) is 1.67. The van der Waals surface area contributed by atoms with Gasteiger partial charge in [-0.2, -0.15) is 0 Å². The second kappa shape index (κ2) is 3.25. The Kier molecular flexibility index (Phi) is 2.75. The van der Waals surface area contributed by atoms with Gasteiger partial charge >= 0.3 is 0 Å². The van der Waals surface area contributed by atoms with Gasteiger partial charge in [-0.05, 0) is 10.8 Å². The van der Waals surface area contributed by atoms with Crippen LogP contribution in [-0.4, -0.2) is 18.8 Å². The molecular weight excluding hydrogens is 160 g/mol. The molecule has 0 radical (unpaired) electrons. The van der Waals surface area contributed by atoms with Crippen molar-refractivity contribution in [1.82, 2.24) is 10.6 Å². The van der Waals surface area contributed by atoms with Crippen molar-refractivity contribution in [2.45, 2.75) is 53.8 Å². The van der Waals surface area contributed by atoms with Crippen LogP contribution in [0.1, 0.15) is 41.5 Å². The minimum absolute atomic E-state index is 0.306. The normalized spacial score (nSPS) is 30.9. The van der Waals surface area contributed by atoms with Gasteiger partial charge in [-0.1, -0.05) is 41.5 Å². The number of hydrogen-bond donors (Lipinski definition) is 2. The zero-order valence-electron chi connectivity index (χ0n) is 9.86. The Balaban J connectivity index is 2.55. The lowest BCUT2D eigenvalue weighted by Gasteiger charge is -2.31. The van der Waals surface area contributed by atoms with Gasteiger partial charge in [0, 0.05) is 12.6 Å². The van der Waals surface area contributed by atoms with Crippen molar-refractivity contribution in [2.24, 2.45) is 10.8 Å². The molecule has 0 amide bonds. The van der Waals surface area contributed by atoms with E-state index in [-0.39, 0.29) is 0 Å². The first-order chi connectivity index (χ1) is 5.71. The van der Waals surface area contributed by atoms with E-state index in [0.29, 0.717) is 23.0 Å². The van der Waals surface area contributed by atoms with Crippen molar-refractivity contribution >= 4 is 0 Å².